The molecule has 0 aromatic carbocycles. The Bertz CT molecular complexity index is 822. The van der Waals surface area contributed by atoms with Gasteiger partial charge in [-0.15, -0.1) is 11.3 Å². The Hall–Kier alpha value is -1.89. The lowest BCUT2D eigenvalue weighted by atomic mass is 10.0. The van der Waals surface area contributed by atoms with Crippen LogP contribution in [0.25, 0.3) is 0 Å². The SMILES string of the molecule is Cc1ccc(C(=O)N2CCC(n3c(C4CC4)nn(C)c3=O)CC2)s1. The highest BCUT2D eigenvalue weighted by Crippen LogP contribution is 2.40. The van der Waals surface area contributed by atoms with Gasteiger partial charge in [-0.1, -0.05) is 0 Å². The fourth-order valence-corrected chi connectivity index (χ4v) is 4.33. The third-order valence-electron chi connectivity index (χ3n) is 4.99. The Balaban J connectivity index is 1.49. The van der Waals surface area contributed by atoms with E-state index < -0.39 is 0 Å². The zero-order chi connectivity index (χ0) is 16.8. The number of aromatic nitrogens is 3. The Morgan fingerprint density at radius 1 is 1.21 bits per heavy atom. The van der Waals surface area contributed by atoms with Crippen molar-refractivity contribution in [2.24, 2.45) is 7.05 Å². The highest BCUT2D eigenvalue weighted by Gasteiger charge is 2.34. The average molecular weight is 346 g/mol. The zero-order valence-electron chi connectivity index (χ0n) is 14.1. The molecule has 1 aliphatic carbocycles. The lowest BCUT2D eigenvalue weighted by molar-refractivity contribution is 0.0697. The van der Waals surface area contributed by atoms with Crippen molar-refractivity contribution < 1.29 is 4.79 Å². The Morgan fingerprint density at radius 3 is 2.50 bits per heavy atom. The monoisotopic (exact) mass is 346 g/mol. The molecule has 1 saturated heterocycles. The summed E-state index contributed by atoms with van der Waals surface area (Å²) < 4.78 is 3.36. The van der Waals surface area contributed by atoms with Crippen LogP contribution >= 0.6 is 11.3 Å². The van der Waals surface area contributed by atoms with Crippen LogP contribution in [0.2, 0.25) is 0 Å². The summed E-state index contributed by atoms with van der Waals surface area (Å²) in [6, 6.07) is 4.06. The molecule has 1 aliphatic heterocycles. The number of nitrogens with zero attached hydrogens (tertiary/aromatic N) is 4. The standard InChI is InChI=1S/C17H22N4O2S/c1-11-3-6-14(24-11)16(22)20-9-7-13(8-10-20)21-15(12-4-5-12)18-19(2)17(21)23/h3,6,12-13H,4-5,7-10H2,1-2H3. The predicted octanol–water partition coefficient (Wildman–Crippen LogP) is 2.31. The molecule has 24 heavy (non-hydrogen) atoms. The second-order valence-corrected chi connectivity index (χ2v) is 8.13. The Kier molecular flexibility index (Phi) is 3.83. The number of likely N-dealkylation sites (tertiary alicyclic amines) is 1. The van der Waals surface area contributed by atoms with Gasteiger partial charge in [0, 0.05) is 37.0 Å². The van der Waals surface area contributed by atoms with E-state index in [0.29, 0.717) is 19.0 Å². The largest absolute Gasteiger partial charge is 0.345 e. The van der Waals surface area contributed by atoms with E-state index in [9.17, 15) is 9.59 Å². The molecule has 2 aromatic heterocycles. The van der Waals surface area contributed by atoms with Crippen molar-refractivity contribution >= 4 is 17.2 Å². The first-order chi connectivity index (χ1) is 11.5. The molecule has 128 valence electrons. The summed E-state index contributed by atoms with van der Waals surface area (Å²) >= 11 is 1.55. The van der Waals surface area contributed by atoms with E-state index in [1.165, 1.54) is 4.68 Å². The van der Waals surface area contributed by atoms with Crippen molar-refractivity contribution in [1.29, 1.82) is 0 Å². The number of hydrogen-bond acceptors (Lipinski definition) is 4. The maximum atomic E-state index is 12.6. The number of carbonyl (C=O) groups is 1. The molecular formula is C17H22N4O2S. The molecule has 4 rings (SSSR count). The first kappa shape index (κ1) is 15.6. The lowest BCUT2D eigenvalue weighted by Gasteiger charge is -2.32. The molecule has 2 aliphatic rings. The van der Waals surface area contributed by atoms with Crippen LogP contribution in [-0.2, 0) is 7.05 Å². The van der Waals surface area contributed by atoms with Gasteiger partial charge >= 0.3 is 5.69 Å². The number of thiophene rings is 1. The first-order valence-corrected chi connectivity index (χ1v) is 9.37. The minimum atomic E-state index is -0.0180. The van der Waals surface area contributed by atoms with Crippen molar-refractivity contribution in [3.8, 4) is 0 Å². The van der Waals surface area contributed by atoms with Crippen LogP contribution in [0.1, 0.15) is 58.0 Å². The Labute approximate surface area is 144 Å². The highest BCUT2D eigenvalue weighted by molar-refractivity contribution is 7.13. The number of rotatable bonds is 3. The quantitative estimate of drug-likeness (QED) is 0.857. The van der Waals surface area contributed by atoms with E-state index in [1.54, 1.807) is 18.4 Å². The van der Waals surface area contributed by atoms with Crippen molar-refractivity contribution in [1.82, 2.24) is 19.2 Å². The summed E-state index contributed by atoms with van der Waals surface area (Å²) in [6.07, 6.45) is 3.90. The molecule has 7 heteroatoms. The van der Waals surface area contributed by atoms with E-state index in [-0.39, 0.29) is 17.6 Å². The van der Waals surface area contributed by atoms with Crippen molar-refractivity contribution in [3.05, 3.63) is 38.2 Å². The predicted molar refractivity (Wildman–Crippen MR) is 92.7 cm³/mol. The molecule has 0 radical (unpaired) electrons. The van der Waals surface area contributed by atoms with Gasteiger partial charge in [-0.05, 0) is 44.7 Å². The third-order valence-corrected chi connectivity index (χ3v) is 5.98. The molecule has 0 bridgehead atoms. The van der Waals surface area contributed by atoms with Gasteiger partial charge in [-0.2, -0.15) is 5.10 Å². The fourth-order valence-electron chi connectivity index (χ4n) is 3.49. The van der Waals surface area contributed by atoms with Crippen molar-refractivity contribution in [3.63, 3.8) is 0 Å². The topological polar surface area (TPSA) is 60.1 Å². The van der Waals surface area contributed by atoms with Crippen LogP contribution in [0.4, 0.5) is 0 Å². The van der Waals surface area contributed by atoms with Crippen LogP contribution in [0.5, 0.6) is 0 Å². The summed E-state index contributed by atoms with van der Waals surface area (Å²) in [5.41, 5.74) is -0.0180. The molecular weight excluding hydrogens is 324 g/mol. The summed E-state index contributed by atoms with van der Waals surface area (Å²) in [7, 11) is 1.72. The third kappa shape index (κ3) is 2.70. The van der Waals surface area contributed by atoms with Gasteiger partial charge in [0.25, 0.3) is 5.91 Å². The normalized spacial score (nSPS) is 19.0. The first-order valence-electron chi connectivity index (χ1n) is 8.55. The number of piperidine rings is 1. The molecule has 3 heterocycles. The molecule has 6 nitrogen and oxygen atoms in total. The van der Waals surface area contributed by atoms with Crippen molar-refractivity contribution in [2.45, 2.75) is 44.6 Å². The summed E-state index contributed by atoms with van der Waals surface area (Å²) in [4.78, 5) is 28.9. The minimum absolute atomic E-state index is 0.0180. The smallest absolute Gasteiger partial charge is 0.338 e. The maximum absolute atomic E-state index is 12.6. The van der Waals surface area contributed by atoms with E-state index in [1.807, 2.05) is 28.5 Å². The maximum Gasteiger partial charge on any atom is 0.345 e. The molecule has 0 N–H and O–H groups in total. The Morgan fingerprint density at radius 2 is 1.92 bits per heavy atom. The van der Waals surface area contributed by atoms with Gasteiger partial charge in [0.15, 0.2) is 0 Å². The van der Waals surface area contributed by atoms with E-state index in [0.717, 1.165) is 41.3 Å². The van der Waals surface area contributed by atoms with Crippen LogP contribution < -0.4 is 5.69 Å². The van der Waals surface area contributed by atoms with Gasteiger partial charge in [-0.25, -0.2) is 9.48 Å². The molecule has 1 amide bonds. The van der Waals surface area contributed by atoms with Gasteiger partial charge in [0.1, 0.15) is 5.82 Å². The van der Waals surface area contributed by atoms with Gasteiger partial charge < -0.3 is 4.90 Å². The number of carbonyl (C=O) groups excluding carboxylic acids is 1. The van der Waals surface area contributed by atoms with Crippen LogP contribution in [0, 0.1) is 6.92 Å². The molecule has 1 saturated carbocycles. The highest BCUT2D eigenvalue weighted by atomic mass is 32.1. The average Bonchev–Trinajstić information content (AvgIpc) is 3.27. The van der Waals surface area contributed by atoms with Gasteiger partial charge in [-0.3, -0.25) is 9.36 Å². The summed E-state index contributed by atoms with van der Waals surface area (Å²) in [5, 5.41) is 4.44. The number of aryl methyl sites for hydroxylation is 2. The van der Waals surface area contributed by atoms with Crippen LogP contribution in [0.15, 0.2) is 16.9 Å². The molecule has 0 atom stereocenters. The van der Waals surface area contributed by atoms with Crippen LogP contribution in [-0.4, -0.2) is 38.2 Å². The molecule has 2 fully saturated rings. The second-order valence-electron chi connectivity index (χ2n) is 6.84. The zero-order valence-corrected chi connectivity index (χ0v) is 14.9. The number of hydrogen-bond donors (Lipinski definition) is 0. The van der Waals surface area contributed by atoms with E-state index in [2.05, 4.69) is 5.10 Å². The minimum Gasteiger partial charge on any atom is -0.338 e. The van der Waals surface area contributed by atoms with Crippen LogP contribution in [0.3, 0.4) is 0 Å². The van der Waals surface area contributed by atoms with Crippen molar-refractivity contribution in [2.75, 3.05) is 13.1 Å². The summed E-state index contributed by atoms with van der Waals surface area (Å²) in [5.74, 6) is 1.52. The molecule has 0 spiro atoms. The number of amides is 1. The van der Waals surface area contributed by atoms with Gasteiger partial charge in [0.2, 0.25) is 0 Å². The lowest BCUT2D eigenvalue weighted by Crippen LogP contribution is -2.41. The fraction of sp³-hybridized carbons (Fsp3) is 0.588. The second kappa shape index (κ2) is 5.88. The molecule has 0 unspecified atom stereocenters. The molecule has 2 aromatic rings. The van der Waals surface area contributed by atoms with Gasteiger partial charge in [0.05, 0.1) is 4.88 Å². The van der Waals surface area contributed by atoms with E-state index in [4.69, 9.17) is 0 Å². The van der Waals surface area contributed by atoms with E-state index >= 15 is 0 Å². The summed E-state index contributed by atoms with van der Waals surface area (Å²) in [6.45, 7) is 3.42.